The molecule has 0 aliphatic rings. The van der Waals surface area contributed by atoms with Crippen molar-refractivity contribution in [1.29, 1.82) is 0 Å². The maximum absolute atomic E-state index is 12.6. The summed E-state index contributed by atoms with van der Waals surface area (Å²) in [5, 5.41) is 13.0. The van der Waals surface area contributed by atoms with E-state index in [1.54, 1.807) is 0 Å². The van der Waals surface area contributed by atoms with E-state index >= 15 is 0 Å². The fourth-order valence-corrected chi connectivity index (χ4v) is 2.92. The maximum Gasteiger partial charge on any atom is 0.337 e. The monoisotopic (exact) mass is 309 g/mol. The lowest BCUT2D eigenvalue weighted by Gasteiger charge is -2.14. The lowest BCUT2D eigenvalue weighted by Crippen LogP contribution is -2.33. The van der Waals surface area contributed by atoms with Crippen LogP contribution in [0.1, 0.15) is 35.9 Å². The lowest BCUT2D eigenvalue weighted by atomic mass is 10.2. The van der Waals surface area contributed by atoms with Gasteiger partial charge in [0.2, 0.25) is 5.91 Å². The Labute approximate surface area is 124 Å². The molecule has 0 aliphatic heterocycles. The Balaban J connectivity index is 2.79. The van der Waals surface area contributed by atoms with Crippen LogP contribution in [0.5, 0.6) is 0 Å². The number of carbonyl (C=O) groups is 2. The molecule has 7 nitrogen and oxygen atoms in total. The second kappa shape index (κ2) is 5.65. The summed E-state index contributed by atoms with van der Waals surface area (Å²) in [5.41, 5.74) is -0.570. The number of aromatic carboxylic acids is 1. The first kappa shape index (κ1) is 15.2. The van der Waals surface area contributed by atoms with Crippen molar-refractivity contribution < 1.29 is 14.7 Å². The number of amides is 1. The minimum absolute atomic E-state index is 0.0563. The molecule has 21 heavy (non-hydrogen) atoms. The highest BCUT2D eigenvalue weighted by Gasteiger charge is 2.21. The Bertz CT molecular complexity index is 776. The van der Waals surface area contributed by atoms with Crippen LogP contribution in [0.15, 0.2) is 10.2 Å². The Morgan fingerprint density at radius 1 is 1.48 bits per heavy atom. The third-order valence-electron chi connectivity index (χ3n) is 3.05. The molecule has 0 saturated heterocycles. The van der Waals surface area contributed by atoms with Crippen LogP contribution in [-0.4, -0.2) is 33.6 Å². The molecule has 2 aromatic heterocycles. The van der Waals surface area contributed by atoms with Gasteiger partial charge in [0.15, 0.2) is 0 Å². The van der Waals surface area contributed by atoms with Crippen LogP contribution in [0.2, 0.25) is 0 Å². The summed E-state index contributed by atoms with van der Waals surface area (Å²) >= 11 is 1.12. The number of hydrogen-bond acceptors (Lipinski definition) is 5. The molecule has 112 valence electrons. The highest BCUT2D eigenvalue weighted by Crippen LogP contribution is 2.23. The van der Waals surface area contributed by atoms with Crippen LogP contribution in [-0.2, 0) is 11.3 Å². The van der Waals surface area contributed by atoms with Crippen LogP contribution in [0.3, 0.4) is 0 Å². The molecule has 8 heteroatoms. The molecule has 2 aromatic rings. The zero-order chi connectivity index (χ0) is 15.7. The molecule has 0 spiro atoms. The number of carbonyl (C=O) groups excluding carboxylic acids is 1. The van der Waals surface area contributed by atoms with Crippen LogP contribution < -0.4 is 10.9 Å². The van der Waals surface area contributed by atoms with Gasteiger partial charge in [-0.25, -0.2) is 9.78 Å². The number of rotatable bonds is 4. The number of aromatic nitrogens is 2. The quantitative estimate of drug-likeness (QED) is 0.878. The van der Waals surface area contributed by atoms with Crippen molar-refractivity contribution in [3.63, 3.8) is 0 Å². The summed E-state index contributed by atoms with van der Waals surface area (Å²) in [7, 11) is 1.47. The molecule has 0 radical (unpaired) electrons. The van der Waals surface area contributed by atoms with Gasteiger partial charge in [0.25, 0.3) is 5.56 Å². The number of carboxylic acid groups (broad SMARTS) is 1. The summed E-state index contributed by atoms with van der Waals surface area (Å²) in [4.78, 5) is 40.1. The number of carboxylic acids is 1. The van der Waals surface area contributed by atoms with Crippen molar-refractivity contribution in [3.05, 3.63) is 27.1 Å². The first-order chi connectivity index (χ1) is 9.86. The predicted molar refractivity (Wildman–Crippen MR) is 79.0 cm³/mol. The van der Waals surface area contributed by atoms with Gasteiger partial charge in [-0.15, -0.1) is 11.3 Å². The molecule has 0 aromatic carbocycles. The van der Waals surface area contributed by atoms with Crippen molar-refractivity contribution in [2.75, 3.05) is 7.05 Å². The zero-order valence-electron chi connectivity index (χ0n) is 11.8. The second-order valence-corrected chi connectivity index (χ2v) is 5.68. The van der Waals surface area contributed by atoms with Crippen molar-refractivity contribution >= 4 is 33.4 Å². The Kier molecular flexibility index (Phi) is 4.08. The third kappa shape index (κ3) is 2.66. The molecule has 0 aliphatic carbocycles. The molecule has 0 unspecified atom stereocenters. The molecule has 2 N–H and O–H groups in total. The number of fused-ring (bicyclic) bond motifs is 1. The molecule has 2 rings (SSSR count). The first-order valence-corrected chi connectivity index (χ1v) is 7.20. The van der Waals surface area contributed by atoms with Gasteiger partial charge >= 0.3 is 5.97 Å². The molecule has 0 fully saturated rings. The van der Waals surface area contributed by atoms with E-state index in [4.69, 9.17) is 5.11 Å². The topological polar surface area (TPSA) is 101 Å². The van der Waals surface area contributed by atoms with Crippen LogP contribution in [0, 0.1) is 0 Å². The summed E-state index contributed by atoms with van der Waals surface area (Å²) in [5.74, 6) is -1.12. The van der Waals surface area contributed by atoms with Crippen LogP contribution in [0.25, 0.3) is 10.2 Å². The van der Waals surface area contributed by atoms with Gasteiger partial charge in [0, 0.05) is 18.3 Å². The van der Waals surface area contributed by atoms with Gasteiger partial charge in [0.05, 0.1) is 10.9 Å². The van der Waals surface area contributed by atoms with E-state index in [0.717, 1.165) is 11.3 Å². The van der Waals surface area contributed by atoms with Crippen LogP contribution >= 0.6 is 11.3 Å². The number of nitrogens with zero attached hydrogens (tertiary/aromatic N) is 2. The van der Waals surface area contributed by atoms with E-state index in [-0.39, 0.29) is 29.3 Å². The largest absolute Gasteiger partial charge is 0.478 e. The van der Waals surface area contributed by atoms with Gasteiger partial charge in [-0.3, -0.25) is 14.2 Å². The number of thiophene rings is 1. The number of hydrogen-bond donors (Lipinski definition) is 2. The standard InChI is InChI=1S/C13H15N3O4S/c1-6(2)10-15-11-9(7(5-21-11)13(19)20)12(18)16(10)4-8(17)14-3/h5-6H,4H2,1-3H3,(H,14,17)(H,19,20). The summed E-state index contributed by atoms with van der Waals surface area (Å²) in [6.07, 6.45) is 0. The van der Waals surface area contributed by atoms with Gasteiger partial charge < -0.3 is 10.4 Å². The van der Waals surface area contributed by atoms with Crippen molar-refractivity contribution in [2.24, 2.45) is 0 Å². The summed E-state index contributed by atoms with van der Waals surface area (Å²) in [6, 6.07) is 0. The second-order valence-electron chi connectivity index (χ2n) is 4.82. The predicted octanol–water partition coefficient (Wildman–Crippen LogP) is 1.03. The molecular formula is C13H15N3O4S. The van der Waals surface area contributed by atoms with Gasteiger partial charge in [0.1, 0.15) is 17.2 Å². The van der Waals surface area contributed by atoms with Gasteiger partial charge in [-0.1, -0.05) is 13.8 Å². The van der Waals surface area contributed by atoms with E-state index in [0.29, 0.717) is 10.7 Å². The molecule has 1 amide bonds. The molecule has 0 saturated carbocycles. The molecule has 0 bridgehead atoms. The lowest BCUT2D eigenvalue weighted by molar-refractivity contribution is -0.121. The Hall–Kier alpha value is -2.22. The minimum atomic E-state index is -1.18. The zero-order valence-corrected chi connectivity index (χ0v) is 12.7. The maximum atomic E-state index is 12.6. The smallest absolute Gasteiger partial charge is 0.337 e. The van der Waals surface area contributed by atoms with Crippen molar-refractivity contribution in [1.82, 2.24) is 14.9 Å². The highest BCUT2D eigenvalue weighted by molar-refractivity contribution is 7.17. The fourth-order valence-electron chi connectivity index (χ4n) is 2.01. The Morgan fingerprint density at radius 2 is 2.14 bits per heavy atom. The SMILES string of the molecule is CNC(=O)Cn1c(C(C)C)nc2scc(C(=O)O)c2c1=O. The molecule has 2 heterocycles. The Morgan fingerprint density at radius 3 is 2.67 bits per heavy atom. The fraction of sp³-hybridized carbons (Fsp3) is 0.385. The van der Waals surface area contributed by atoms with Crippen molar-refractivity contribution in [2.45, 2.75) is 26.3 Å². The molecule has 0 atom stereocenters. The average Bonchev–Trinajstić information content (AvgIpc) is 2.85. The van der Waals surface area contributed by atoms with Crippen LogP contribution in [0.4, 0.5) is 0 Å². The normalized spacial score (nSPS) is 11.0. The first-order valence-electron chi connectivity index (χ1n) is 6.32. The van der Waals surface area contributed by atoms with E-state index in [1.165, 1.54) is 17.0 Å². The minimum Gasteiger partial charge on any atom is -0.478 e. The summed E-state index contributed by atoms with van der Waals surface area (Å²) < 4.78 is 1.24. The van der Waals surface area contributed by atoms with E-state index in [9.17, 15) is 14.4 Å². The van der Waals surface area contributed by atoms with E-state index in [2.05, 4.69) is 10.3 Å². The van der Waals surface area contributed by atoms with E-state index in [1.807, 2.05) is 13.8 Å². The van der Waals surface area contributed by atoms with Crippen molar-refractivity contribution in [3.8, 4) is 0 Å². The third-order valence-corrected chi connectivity index (χ3v) is 3.92. The van der Waals surface area contributed by atoms with Gasteiger partial charge in [-0.2, -0.15) is 0 Å². The number of nitrogens with one attached hydrogen (secondary N) is 1. The van der Waals surface area contributed by atoms with E-state index < -0.39 is 11.5 Å². The number of likely N-dealkylation sites (N-methyl/N-ethyl adjacent to an activating group) is 1. The highest BCUT2D eigenvalue weighted by atomic mass is 32.1. The molecular weight excluding hydrogens is 294 g/mol. The van der Waals surface area contributed by atoms with Gasteiger partial charge in [-0.05, 0) is 0 Å². The average molecular weight is 309 g/mol. The summed E-state index contributed by atoms with van der Waals surface area (Å²) in [6.45, 7) is 3.54.